The van der Waals surface area contributed by atoms with Gasteiger partial charge in [0.2, 0.25) is 0 Å². The van der Waals surface area contributed by atoms with Crippen LogP contribution in [0.2, 0.25) is 0 Å². The quantitative estimate of drug-likeness (QED) is 0.802. The Morgan fingerprint density at radius 3 is 2.83 bits per heavy atom. The van der Waals surface area contributed by atoms with E-state index in [1.54, 1.807) is 0 Å². The Hall–Kier alpha value is -0.920. The normalized spacial score (nSPS) is 12.2. The molecular formula is C11H13BrN2O3S. The summed E-state index contributed by atoms with van der Waals surface area (Å²) in [6.45, 7) is 0.108. The zero-order chi connectivity index (χ0) is 13.3. The second-order valence-corrected chi connectivity index (χ2v) is 6.56. The molecular weight excluding hydrogens is 320 g/mol. The average molecular weight is 333 g/mol. The lowest BCUT2D eigenvalue weighted by molar-refractivity contribution is 0.322. The minimum absolute atomic E-state index is 0.108. The number of halogens is 1. The number of imidazole rings is 1. The van der Waals surface area contributed by atoms with E-state index in [9.17, 15) is 8.42 Å². The lowest BCUT2D eigenvalue weighted by atomic mass is 10.3. The number of fused-ring (bicyclic) bond motifs is 1. The van der Waals surface area contributed by atoms with Gasteiger partial charge in [0.05, 0.1) is 23.9 Å². The fourth-order valence-electron chi connectivity index (χ4n) is 1.72. The summed E-state index contributed by atoms with van der Waals surface area (Å²) in [5.41, 5.74) is 1.88. The van der Waals surface area contributed by atoms with E-state index in [2.05, 4.69) is 20.9 Å². The number of hydrogen-bond acceptors (Lipinski definition) is 4. The van der Waals surface area contributed by atoms with Crippen LogP contribution >= 0.6 is 15.9 Å². The van der Waals surface area contributed by atoms with Gasteiger partial charge in [-0.05, 0) is 18.2 Å². The Morgan fingerprint density at radius 2 is 2.17 bits per heavy atom. The van der Waals surface area contributed by atoms with Crippen molar-refractivity contribution < 1.29 is 12.6 Å². The van der Waals surface area contributed by atoms with Crippen LogP contribution in [-0.2, 0) is 27.8 Å². The number of aryl methyl sites for hydroxylation is 1. The minimum Gasteiger partial charge on any atom is -0.331 e. The molecule has 0 atom stereocenters. The van der Waals surface area contributed by atoms with Gasteiger partial charge in [-0.2, -0.15) is 8.42 Å². The van der Waals surface area contributed by atoms with Crippen LogP contribution in [0.25, 0.3) is 11.0 Å². The topological polar surface area (TPSA) is 61.2 Å². The first-order valence-electron chi connectivity index (χ1n) is 5.32. The Morgan fingerprint density at radius 1 is 1.44 bits per heavy atom. The summed E-state index contributed by atoms with van der Waals surface area (Å²) in [5, 5.41) is 0. The lowest BCUT2D eigenvalue weighted by Gasteiger charge is -2.02. The van der Waals surface area contributed by atoms with Crippen LogP contribution in [0, 0.1) is 0 Å². The molecule has 0 bridgehead atoms. The van der Waals surface area contributed by atoms with E-state index in [1.165, 1.54) is 0 Å². The highest BCUT2D eigenvalue weighted by atomic mass is 79.9. The number of nitrogens with zero attached hydrogens (tertiary/aromatic N) is 2. The average Bonchev–Trinajstić information content (AvgIpc) is 2.55. The highest BCUT2D eigenvalue weighted by Gasteiger charge is 2.09. The van der Waals surface area contributed by atoms with Crippen molar-refractivity contribution in [3.8, 4) is 0 Å². The number of hydrogen-bond donors (Lipinski definition) is 0. The maximum Gasteiger partial charge on any atom is 0.264 e. The molecule has 0 N–H and O–H groups in total. The van der Waals surface area contributed by atoms with E-state index < -0.39 is 10.1 Å². The summed E-state index contributed by atoms with van der Waals surface area (Å²) in [4.78, 5) is 4.44. The maximum absolute atomic E-state index is 10.9. The molecule has 0 amide bonds. The fourth-order valence-corrected chi connectivity index (χ4v) is 2.46. The molecule has 2 rings (SSSR count). The smallest absolute Gasteiger partial charge is 0.264 e. The van der Waals surface area contributed by atoms with Gasteiger partial charge in [0.1, 0.15) is 5.82 Å². The third kappa shape index (κ3) is 3.09. The molecule has 0 radical (unpaired) electrons. The summed E-state index contributed by atoms with van der Waals surface area (Å²) in [7, 11) is -1.49. The number of rotatable bonds is 4. The molecule has 1 aromatic carbocycles. The van der Waals surface area contributed by atoms with Crippen LogP contribution in [0.4, 0.5) is 0 Å². The molecule has 0 fully saturated rings. The highest BCUT2D eigenvalue weighted by molar-refractivity contribution is 9.10. The minimum atomic E-state index is -3.39. The summed E-state index contributed by atoms with van der Waals surface area (Å²) in [5.74, 6) is 0.798. The molecule has 0 aliphatic heterocycles. The van der Waals surface area contributed by atoms with Crippen LogP contribution in [0.1, 0.15) is 5.82 Å². The molecule has 0 aliphatic carbocycles. The summed E-state index contributed by atoms with van der Waals surface area (Å²) in [6, 6.07) is 5.82. The molecule has 2 aromatic rings. The highest BCUT2D eigenvalue weighted by Crippen LogP contribution is 2.20. The second kappa shape index (κ2) is 4.99. The van der Waals surface area contributed by atoms with Crippen LogP contribution in [-0.4, -0.2) is 30.8 Å². The van der Waals surface area contributed by atoms with Crippen LogP contribution in [0.5, 0.6) is 0 Å². The maximum atomic E-state index is 10.9. The first-order valence-corrected chi connectivity index (χ1v) is 7.93. The standard InChI is InChI=1S/C11H13BrN2O3S/c1-14-10-7-8(12)3-4-9(10)13-11(14)5-6-17-18(2,15)16/h3-4,7H,5-6H2,1-2H3. The van der Waals surface area contributed by atoms with E-state index in [0.29, 0.717) is 6.42 Å². The zero-order valence-electron chi connectivity index (χ0n) is 10.1. The van der Waals surface area contributed by atoms with Crippen molar-refractivity contribution in [1.29, 1.82) is 0 Å². The molecule has 0 aliphatic rings. The van der Waals surface area contributed by atoms with Crippen LogP contribution < -0.4 is 0 Å². The molecule has 0 unspecified atom stereocenters. The third-order valence-electron chi connectivity index (χ3n) is 2.56. The van der Waals surface area contributed by atoms with Gasteiger partial charge in [-0.15, -0.1) is 0 Å². The van der Waals surface area contributed by atoms with Crippen molar-refractivity contribution in [2.45, 2.75) is 6.42 Å². The number of aromatic nitrogens is 2. The first-order chi connectivity index (χ1) is 8.37. The van der Waals surface area contributed by atoms with Gasteiger partial charge in [-0.25, -0.2) is 4.98 Å². The molecule has 0 saturated carbocycles. The monoisotopic (exact) mass is 332 g/mol. The molecule has 98 valence electrons. The third-order valence-corrected chi connectivity index (χ3v) is 3.65. The summed E-state index contributed by atoms with van der Waals surface area (Å²) in [6.07, 6.45) is 1.49. The van der Waals surface area contributed by atoms with Crippen molar-refractivity contribution in [3.05, 3.63) is 28.5 Å². The molecule has 5 nitrogen and oxygen atoms in total. The van der Waals surface area contributed by atoms with E-state index in [1.807, 2.05) is 29.8 Å². The molecule has 18 heavy (non-hydrogen) atoms. The van der Waals surface area contributed by atoms with Gasteiger partial charge < -0.3 is 4.57 Å². The van der Waals surface area contributed by atoms with Gasteiger partial charge in [-0.3, -0.25) is 4.18 Å². The predicted molar refractivity (Wildman–Crippen MR) is 72.9 cm³/mol. The van der Waals surface area contributed by atoms with E-state index in [0.717, 1.165) is 27.6 Å². The molecule has 0 saturated heterocycles. The molecule has 7 heteroatoms. The van der Waals surface area contributed by atoms with Gasteiger partial charge in [0, 0.05) is 17.9 Å². The molecule has 0 spiro atoms. The first kappa shape index (κ1) is 13.5. The van der Waals surface area contributed by atoms with Crippen LogP contribution in [0.15, 0.2) is 22.7 Å². The van der Waals surface area contributed by atoms with Crippen molar-refractivity contribution in [2.24, 2.45) is 7.05 Å². The molecule has 1 aromatic heterocycles. The van der Waals surface area contributed by atoms with Gasteiger partial charge in [0.15, 0.2) is 0 Å². The lowest BCUT2D eigenvalue weighted by Crippen LogP contribution is -2.08. The fraction of sp³-hybridized carbons (Fsp3) is 0.364. The molecule has 1 heterocycles. The SMILES string of the molecule is Cn1c(CCOS(C)(=O)=O)nc2ccc(Br)cc21. The van der Waals surface area contributed by atoms with Gasteiger partial charge in [0.25, 0.3) is 10.1 Å². The van der Waals surface area contributed by atoms with Crippen molar-refractivity contribution in [3.63, 3.8) is 0 Å². The zero-order valence-corrected chi connectivity index (χ0v) is 12.5. The number of benzene rings is 1. The van der Waals surface area contributed by atoms with Gasteiger partial charge in [-0.1, -0.05) is 15.9 Å². The predicted octanol–water partition coefficient (Wildman–Crippen LogP) is 1.85. The second-order valence-electron chi connectivity index (χ2n) is 4.00. The summed E-state index contributed by atoms with van der Waals surface area (Å²) >= 11 is 3.41. The Balaban J connectivity index is 2.21. The van der Waals surface area contributed by atoms with E-state index in [-0.39, 0.29) is 6.61 Å². The van der Waals surface area contributed by atoms with Crippen molar-refractivity contribution in [2.75, 3.05) is 12.9 Å². The Bertz CT molecular complexity index is 679. The Labute approximate surface area is 114 Å². The summed E-state index contributed by atoms with van der Waals surface area (Å²) < 4.78 is 29.4. The van der Waals surface area contributed by atoms with Crippen LogP contribution in [0.3, 0.4) is 0 Å². The largest absolute Gasteiger partial charge is 0.331 e. The van der Waals surface area contributed by atoms with E-state index >= 15 is 0 Å². The van der Waals surface area contributed by atoms with Gasteiger partial charge >= 0.3 is 0 Å². The Kier molecular flexibility index (Phi) is 3.74. The van der Waals surface area contributed by atoms with E-state index in [4.69, 9.17) is 4.18 Å². The van der Waals surface area contributed by atoms with Crippen molar-refractivity contribution in [1.82, 2.24) is 9.55 Å². The van der Waals surface area contributed by atoms with Crippen molar-refractivity contribution >= 4 is 37.1 Å².